The highest BCUT2D eigenvalue weighted by Crippen LogP contribution is 2.13. The van der Waals surface area contributed by atoms with E-state index >= 15 is 0 Å². The van der Waals surface area contributed by atoms with Crippen LogP contribution in [0.4, 0.5) is 0 Å². The number of aliphatic imine (C=N–C) groups is 1. The van der Waals surface area contributed by atoms with Crippen molar-refractivity contribution in [3.63, 3.8) is 0 Å². The molecule has 0 saturated heterocycles. The summed E-state index contributed by atoms with van der Waals surface area (Å²) < 4.78 is 0. The van der Waals surface area contributed by atoms with Gasteiger partial charge in [0.1, 0.15) is 5.75 Å². The maximum absolute atomic E-state index is 9.72. The number of hydrogen-bond donors (Lipinski definition) is 1. The molecule has 0 fully saturated rings. The second kappa shape index (κ2) is 7.60. The van der Waals surface area contributed by atoms with Crippen LogP contribution >= 0.6 is 0 Å². The molecule has 1 N–H and O–H groups in total. The zero-order valence-corrected chi connectivity index (χ0v) is 12.6. The van der Waals surface area contributed by atoms with Gasteiger partial charge in [0.05, 0.1) is 6.54 Å². The van der Waals surface area contributed by atoms with E-state index < -0.39 is 0 Å². The largest absolute Gasteiger partial charge is 0.507 e. The molecule has 0 spiro atoms. The molecule has 3 nitrogen and oxygen atoms in total. The SMILES string of the molecule is CN(C)[C@H](CN=Cc1ccccc1O)Cc1ccccc1. The van der Waals surface area contributed by atoms with E-state index in [2.05, 4.69) is 48.3 Å². The average Bonchev–Trinajstić information content (AvgIpc) is 2.49. The molecule has 0 saturated carbocycles. The normalized spacial score (nSPS) is 12.9. The van der Waals surface area contributed by atoms with E-state index in [0.717, 1.165) is 12.0 Å². The summed E-state index contributed by atoms with van der Waals surface area (Å²) in [5.41, 5.74) is 2.07. The highest BCUT2D eigenvalue weighted by atomic mass is 16.3. The predicted octanol–water partition coefficient (Wildman–Crippen LogP) is 2.98. The van der Waals surface area contributed by atoms with Gasteiger partial charge in [0.2, 0.25) is 0 Å². The van der Waals surface area contributed by atoms with Crippen LogP contribution in [-0.4, -0.2) is 42.9 Å². The van der Waals surface area contributed by atoms with Crippen molar-refractivity contribution in [2.24, 2.45) is 4.99 Å². The molecule has 21 heavy (non-hydrogen) atoms. The quantitative estimate of drug-likeness (QED) is 0.827. The van der Waals surface area contributed by atoms with Crippen molar-refractivity contribution in [3.05, 3.63) is 65.7 Å². The predicted molar refractivity (Wildman–Crippen MR) is 88.2 cm³/mol. The van der Waals surface area contributed by atoms with Crippen LogP contribution in [0, 0.1) is 0 Å². The van der Waals surface area contributed by atoms with Crippen molar-refractivity contribution in [1.82, 2.24) is 4.90 Å². The monoisotopic (exact) mass is 282 g/mol. The maximum atomic E-state index is 9.72. The number of rotatable bonds is 6. The van der Waals surface area contributed by atoms with Gasteiger partial charge in [-0.3, -0.25) is 4.99 Å². The van der Waals surface area contributed by atoms with E-state index in [0.29, 0.717) is 12.6 Å². The molecule has 0 radical (unpaired) electrons. The third kappa shape index (κ3) is 4.72. The molecule has 0 aliphatic carbocycles. The van der Waals surface area contributed by atoms with E-state index in [1.54, 1.807) is 12.3 Å². The van der Waals surface area contributed by atoms with Crippen molar-refractivity contribution in [2.75, 3.05) is 20.6 Å². The summed E-state index contributed by atoms with van der Waals surface area (Å²) in [5.74, 6) is 0.269. The molecule has 0 aliphatic heterocycles. The number of aromatic hydroxyl groups is 1. The van der Waals surface area contributed by atoms with Crippen LogP contribution in [0.1, 0.15) is 11.1 Å². The Morgan fingerprint density at radius 2 is 1.71 bits per heavy atom. The lowest BCUT2D eigenvalue weighted by Crippen LogP contribution is -2.32. The maximum Gasteiger partial charge on any atom is 0.124 e. The first-order valence-corrected chi connectivity index (χ1v) is 7.15. The number of nitrogens with zero attached hydrogens (tertiary/aromatic N) is 2. The Morgan fingerprint density at radius 3 is 2.38 bits per heavy atom. The zero-order valence-electron chi connectivity index (χ0n) is 12.6. The highest BCUT2D eigenvalue weighted by Gasteiger charge is 2.11. The first-order valence-electron chi connectivity index (χ1n) is 7.15. The Morgan fingerprint density at radius 1 is 1.05 bits per heavy atom. The molecule has 0 bridgehead atoms. The van der Waals surface area contributed by atoms with Gasteiger partial charge in [0.15, 0.2) is 0 Å². The zero-order chi connectivity index (χ0) is 15.1. The lowest BCUT2D eigenvalue weighted by atomic mass is 10.1. The molecule has 110 valence electrons. The van der Waals surface area contributed by atoms with Crippen LogP contribution in [-0.2, 0) is 6.42 Å². The van der Waals surface area contributed by atoms with Gasteiger partial charge in [0, 0.05) is 17.8 Å². The summed E-state index contributed by atoms with van der Waals surface area (Å²) in [7, 11) is 4.15. The van der Waals surface area contributed by atoms with E-state index in [-0.39, 0.29) is 5.75 Å². The number of para-hydroxylation sites is 1. The Labute approximate surface area is 126 Å². The summed E-state index contributed by atoms with van der Waals surface area (Å²) in [6.45, 7) is 0.705. The molecule has 0 aromatic heterocycles. The van der Waals surface area contributed by atoms with E-state index in [4.69, 9.17) is 0 Å². The topological polar surface area (TPSA) is 35.8 Å². The molecule has 0 aliphatic rings. The van der Waals surface area contributed by atoms with Crippen LogP contribution in [0.5, 0.6) is 5.75 Å². The summed E-state index contributed by atoms with van der Waals surface area (Å²) in [4.78, 5) is 6.68. The molecule has 3 heteroatoms. The fraction of sp³-hybridized carbons (Fsp3) is 0.278. The Balaban J connectivity index is 1.99. The van der Waals surface area contributed by atoms with Crippen molar-refractivity contribution >= 4 is 6.21 Å². The van der Waals surface area contributed by atoms with Crippen molar-refractivity contribution in [1.29, 1.82) is 0 Å². The van der Waals surface area contributed by atoms with Crippen LogP contribution in [0.2, 0.25) is 0 Å². The van der Waals surface area contributed by atoms with Gasteiger partial charge in [-0.1, -0.05) is 42.5 Å². The average molecular weight is 282 g/mol. The molecular weight excluding hydrogens is 260 g/mol. The van der Waals surface area contributed by atoms with Gasteiger partial charge < -0.3 is 10.0 Å². The summed E-state index contributed by atoms with van der Waals surface area (Å²) in [6, 6.07) is 18.0. The fourth-order valence-corrected chi connectivity index (χ4v) is 2.17. The van der Waals surface area contributed by atoms with Gasteiger partial charge in [0.25, 0.3) is 0 Å². The third-order valence-electron chi connectivity index (χ3n) is 3.53. The Kier molecular flexibility index (Phi) is 5.52. The Bertz CT molecular complexity index is 579. The minimum Gasteiger partial charge on any atom is -0.507 e. The fourth-order valence-electron chi connectivity index (χ4n) is 2.17. The molecule has 2 aromatic rings. The molecule has 0 unspecified atom stereocenters. The molecule has 1 atom stereocenters. The van der Waals surface area contributed by atoms with Gasteiger partial charge in [-0.2, -0.15) is 0 Å². The first kappa shape index (κ1) is 15.3. The first-order chi connectivity index (χ1) is 10.2. The number of benzene rings is 2. The van der Waals surface area contributed by atoms with E-state index in [1.165, 1.54) is 5.56 Å². The second-order valence-corrected chi connectivity index (χ2v) is 5.36. The lowest BCUT2D eigenvalue weighted by Gasteiger charge is -2.22. The van der Waals surface area contributed by atoms with Crippen LogP contribution in [0.3, 0.4) is 0 Å². The van der Waals surface area contributed by atoms with Crippen LogP contribution < -0.4 is 0 Å². The molecule has 0 amide bonds. The minimum atomic E-state index is 0.269. The van der Waals surface area contributed by atoms with Gasteiger partial charge in [-0.05, 0) is 38.2 Å². The minimum absolute atomic E-state index is 0.269. The Hall–Kier alpha value is -2.13. The van der Waals surface area contributed by atoms with E-state index in [9.17, 15) is 5.11 Å². The van der Waals surface area contributed by atoms with Crippen molar-refractivity contribution < 1.29 is 5.11 Å². The molecular formula is C18H22N2O. The summed E-state index contributed by atoms with van der Waals surface area (Å²) in [5, 5.41) is 9.72. The number of hydrogen-bond acceptors (Lipinski definition) is 3. The third-order valence-corrected chi connectivity index (χ3v) is 3.53. The van der Waals surface area contributed by atoms with Gasteiger partial charge in [-0.25, -0.2) is 0 Å². The number of phenols is 1. The van der Waals surface area contributed by atoms with Crippen molar-refractivity contribution in [3.8, 4) is 5.75 Å². The van der Waals surface area contributed by atoms with Gasteiger partial charge >= 0.3 is 0 Å². The summed E-state index contributed by atoms with van der Waals surface area (Å²) >= 11 is 0. The smallest absolute Gasteiger partial charge is 0.124 e. The van der Waals surface area contributed by atoms with Gasteiger partial charge in [-0.15, -0.1) is 0 Å². The molecule has 0 heterocycles. The number of likely N-dealkylation sites (N-methyl/N-ethyl adjacent to an activating group) is 1. The highest BCUT2D eigenvalue weighted by molar-refractivity contribution is 5.83. The van der Waals surface area contributed by atoms with Crippen LogP contribution in [0.15, 0.2) is 59.6 Å². The summed E-state index contributed by atoms with van der Waals surface area (Å²) in [6.07, 6.45) is 2.71. The van der Waals surface area contributed by atoms with E-state index in [1.807, 2.05) is 24.3 Å². The van der Waals surface area contributed by atoms with Crippen molar-refractivity contribution in [2.45, 2.75) is 12.5 Å². The molecule has 2 aromatic carbocycles. The molecule has 2 rings (SSSR count). The lowest BCUT2D eigenvalue weighted by molar-refractivity contribution is 0.298. The standard InChI is InChI=1S/C18H22N2O/c1-20(2)17(12-15-8-4-3-5-9-15)14-19-13-16-10-6-7-11-18(16)21/h3-11,13,17,21H,12,14H2,1-2H3/t17-/m0/s1. The van der Waals surface area contributed by atoms with Crippen LogP contribution in [0.25, 0.3) is 0 Å². The second-order valence-electron chi connectivity index (χ2n) is 5.36. The number of phenolic OH excluding ortho intramolecular Hbond substituents is 1.